The number of amides is 1. The second kappa shape index (κ2) is 9.40. The smallest absolute Gasteiger partial charge is 0.239 e. The molecule has 3 rings (SSSR count). The van der Waals surface area contributed by atoms with E-state index in [0.29, 0.717) is 15.9 Å². The number of methoxy groups -OCH3 is 1. The number of nitrogens with one attached hydrogen (secondary N) is 1. The van der Waals surface area contributed by atoms with Crippen molar-refractivity contribution < 1.29 is 9.53 Å². The van der Waals surface area contributed by atoms with Crippen LogP contribution in [0, 0.1) is 0 Å². The summed E-state index contributed by atoms with van der Waals surface area (Å²) in [5, 5.41) is 3.56. The molecule has 0 radical (unpaired) electrons. The van der Waals surface area contributed by atoms with Crippen molar-refractivity contribution in [3.8, 4) is 5.75 Å². The summed E-state index contributed by atoms with van der Waals surface area (Å²) in [5.41, 5.74) is 1.20. The number of ether oxygens (including phenoxy) is 1. The number of likely N-dealkylation sites (tertiary alicyclic amines) is 1. The third-order valence-electron chi connectivity index (χ3n) is 4.78. The van der Waals surface area contributed by atoms with Crippen molar-refractivity contribution in [2.45, 2.75) is 31.7 Å². The molecule has 1 aromatic carbocycles. The van der Waals surface area contributed by atoms with Gasteiger partial charge in [0, 0.05) is 12.2 Å². The molecule has 2 heterocycles. The molecule has 27 heavy (non-hydrogen) atoms. The van der Waals surface area contributed by atoms with Crippen LogP contribution in [-0.4, -0.2) is 36.0 Å². The minimum atomic E-state index is -0.132. The lowest BCUT2D eigenvalue weighted by Gasteiger charge is -2.29. The number of hydrogen-bond donors (Lipinski definition) is 1. The standard InChI is InChI=1S/C20H23Cl2N3O2/c1-27-16-8-6-14(7-9-16)18-5-3-2-4-10-25(18)13-19(26)24-20-17(22)11-15(21)12-23-20/h6-9,11-12,18H,2-5,10,13H2,1H3,(H,23,24,26)/t18-/m1/s1. The highest BCUT2D eigenvalue weighted by molar-refractivity contribution is 6.36. The average Bonchev–Trinajstić information content (AvgIpc) is 2.89. The first-order valence-corrected chi connectivity index (χ1v) is 9.81. The van der Waals surface area contributed by atoms with E-state index in [0.717, 1.165) is 31.6 Å². The fraction of sp³-hybridized carbons (Fsp3) is 0.400. The van der Waals surface area contributed by atoms with Crippen molar-refractivity contribution in [1.82, 2.24) is 9.88 Å². The first kappa shape index (κ1) is 19.9. The molecule has 144 valence electrons. The molecular formula is C20H23Cl2N3O2. The van der Waals surface area contributed by atoms with Gasteiger partial charge >= 0.3 is 0 Å². The fourth-order valence-corrected chi connectivity index (χ4v) is 3.85. The van der Waals surface area contributed by atoms with Gasteiger partial charge in [-0.25, -0.2) is 4.98 Å². The quantitative estimate of drug-likeness (QED) is 0.761. The number of hydrogen-bond acceptors (Lipinski definition) is 4. The Morgan fingerprint density at radius 3 is 2.74 bits per heavy atom. The Hall–Kier alpha value is -1.82. The highest BCUT2D eigenvalue weighted by atomic mass is 35.5. The molecule has 1 N–H and O–H groups in total. The maximum Gasteiger partial charge on any atom is 0.239 e. The van der Waals surface area contributed by atoms with Gasteiger partial charge in [-0.3, -0.25) is 9.69 Å². The summed E-state index contributed by atoms with van der Waals surface area (Å²) >= 11 is 12.0. The molecule has 2 aromatic rings. The number of nitrogens with zero attached hydrogens (tertiary/aromatic N) is 2. The highest BCUT2D eigenvalue weighted by Gasteiger charge is 2.25. The van der Waals surface area contributed by atoms with Crippen molar-refractivity contribution in [3.05, 3.63) is 52.1 Å². The lowest BCUT2D eigenvalue weighted by molar-refractivity contribution is -0.117. The zero-order valence-corrected chi connectivity index (χ0v) is 16.8. The van der Waals surface area contributed by atoms with Crippen LogP contribution in [0.1, 0.15) is 37.3 Å². The van der Waals surface area contributed by atoms with Gasteiger partial charge in [0.05, 0.1) is 23.7 Å². The Morgan fingerprint density at radius 2 is 2.04 bits per heavy atom. The van der Waals surface area contributed by atoms with Crippen LogP contribution in [0.4, 0.5) is 5.82 Å². The molecule has 5 nitrogen and oxygen atoms in total. The molecule has 0 spiro atoms. The number of benzene rings is 1. The summed E-state index contributed by atoms with van der Waals surface area (Å²) in [7, 11) is 1.66. The molecule has 7 heteroatoms. The third-order valence-corrected chi connectivity index (χ3v) is 5.27. The van der Waals surface area contributed by atoms with Crippen LogP contribution in [0.2, 0.25) is 10.0 Å². The van der Waals surface area contributed by atoms with Crippen LogP contribution in [0.25, 0.3) is 0 Å². The predicted molar refractivity (Wildman–Crippen MR) is 109 cm³/mol. The lowest BCUT2D eigenvalue weighted by Crippen LogP contribution is -2.36. The van der Waals surface area contributed by atoms with E-state index in [4.69, 9.17) is 27.9 Å². The SMILES string of the molecule is COc1ccc([C@H]2CCCCCN2CC(=O)Nc2ncc(Cl)cc2Cl)cc1. The molecule has 0 bridgehead atoms. The van der Waals surface area contributed by atoms with E-state index >= 15 is 0 Å². The maximum absolute atomic E-state index is 12.6. The van der Waals surface area contributed by atoms with Gasteiger partial charge in [-0.1, -0.05) is 48.2 Å². The monoisotopic (exact) mass is 407 g/mol. The number of carbonyl (C=O) groups is 1. The van der Waals surface area contributed by atoms with E-state index in [2.05, 4.69) is 27.3 Å². The zero-order chi connectivity index (χ0) is 19.2. The predicted octanol–water partition coefficient (Wildman–Crippen LogP) is 4.95. The molecule has 1 aliphatic heterocycles. The first-order chi connectivity index (χ1) is 13.1. The van der Waals surface area contributed by atoms with Crippen molar-refractivity contribution in [2.75, 3.05) is 25.5 Å². The van der Waals surface area contributed by atoms with E-state index in [1.807, 2.05) is 12.1 Å². The van der Waals surface area contributed by atoms with Gasteiger partial charge in [0.15, 0.2) is 5.82 Å². The molecule has 1 aromatic heterocycles. The molecule has 1 atom stereocenters. The summed E-state index contributed by atoms with van der Waals surface area (Å²) in [6.45, 7) is 1.17. The van der Waals surface area contributed by atoms with Crippen LogP contribution in [-0.2, 0) is 4.79 Å². The molecule has 1 saturated heterocycles. The van der Waals surface area contributed by atoms with Crippen LogP contribution in [0.5, 0.6) is 5.75 Å². The topological polar surface area (TPSA) is 54.5 Å². The van der Waals surface area contributed by atoms with E-state index < -0.39 is 0 Å². The van der Waals surface area contributed by atoms with Crippen LogP contribution in [0.15, 0.2) is 36.5 Å². The van der Waals surface area contributed by atoms with Crippen LogP contribution < -0.4 is 10.1 Å². The highest BCUT2D eigenvalue weighted by Crippen LogP contribution is 2.31. The second-order valence-electron chi connectivity index (χ2n) is 6.64. The fourth-order valence-electron chi connectivity index (χ4n) is 3.42. The van der Waals surface area contributed by atoms with Gasteiger partial charge in [-0.15, -0.1) is 0 Å². The summed E-state index contributed by atoms with van der Waals surface area (Å²) in [6.07, 6.45) is 5.91. The molecule has 0 unspecified atom stereocenters. The van der Waals surface area contributed by atoms with E-state index in [1.165, 1.54) is 18.2 Å². The Morgan fingerprint density at radius 1 is 1.26 bits per heavy atom. The van der Waals surface area contributed by atoms with Gasteiger partial charge in [0.25, 0.3) is 0 Å². The van der Waals surface area contributed by atoms with Gasteiger partial charge < -0.3 is 10.1 Å². The number of carbonyl (C=O) groups excluding carboxylic acids is 1. The normalized spacial score (nSPS) is 18.0. The molecule has 0 aliphatic carbocycles. The Kier molecular flexibility index (Phi) is 6.94. The molecule has 1 aliphatic rings. The Bertz CT molecular complexity index is 783. The number of aromatic nitrogens is 1. The molecule has 0 saturated carbocycles. The van der Waals surface area contributed by atoms with Crippen LogP contribution in [0.3, 0.4) is 0 Å². The van der Waals surface area contributed by atoms with Gasteiger partial charge in [0.1, 0.15) is 5.75 Å². The zero-order valence-electron chi connectivity index (χ0n) is 15.3. The Balaban J connectivity index is 1.71. The van der Waals surface area contributed by atoms with Crippen molar-refractivity contribution >= 4 is 34.9 Å². The van der Waals surface area contributed by atoms with Gasteiger partial charge in [-0.2, -0.15) is 0 Å². The number of halogens is 2. The average molecular weight is 408 g/mol. The van der Waals surface area contributed by atoms with Crippen molar-refractivity contribution in [2.24, 2.45) is 0 Å². The molecule has 1 fully saturated rings. The molecular weight excluding hydrogens is 385 g/mol. The number of anilines is 1. The Labute approximate surface area is 169 Å². The van der Waals surface area contributed by atoms with E-state index in [9.17, 15) is 4.79 Å². The minimum Gasteiger partial charge on any atom is -0.497 e. The number of pyridine rings is 1. The number of rotatable bonds is 5. The van der Waals surface area contributed by atoms with Crippen molar-refractivity contribution in [1.29, 1.82) is 0 Å². The summed E-state index contributed by atoms with van der Waals surface area (Å²) in [6, 6.07) is 9.87. The maximum atomic E-state index is 12.6. The van der Waals surface area contributed by atoms with Gasteiger partial charge in [0.2, 0.25) is 5.91 Å². The summed E-state index contributed by atoms with van der Waals surface area (Å²) in [4.78, 5) is 18.9. The summed E-state index contributed by atoms with van der Waals surface area (Å²) < 4.78 is 5.25. The van der Waals surface area contributed by atoms with Crippen LogP contribution >= 0.6 is 23.2 Å². The van der Waals surface area contributed by atoms with Crippen molar-refractivity contribution in [3.63, 3.8) is 0 Å². The molecule has 1 amide bonds. The summed E-state index contributed by atoms with van der Waals surface area (Å²) in [5.74, 6) is 1.04. The van der Waals surface area contributed by atoms with E-state index in [-0.39, 0.29) is 18.5 Å². The van der Waals surface area contributed by atoms with Gasteiger partial charge in [-0.05, 0) is 43.1 Å². The van der Waals surface area contributed by atoms with E-state index in [1.54, 1.807) is 13.2 Å². The largest absolute Gasteiger partial charge is 0.497 e. The first-order valence-electron chi connectivity index (χ1n) is 9.05. The lowest BCUT2D eigenvalue weighted by atomic mass is 10.0. The third kappa shape index (κ3) is 5.34. The second-order valence-corrected chi connectivity index (χ2v) is 7.48. The minimum absolute atomic E-state index is 0.132.